The van der Waals surface area contributed by atoms with E-state index in [0.29, 0.717) is 6.54 Å². The summed E-state index contributed by atoms with van der Waals surface area (Å²) in [6.45, 7) is 5.51. The fraction of sp³-hybridized carbons (Fsp3) is 0.438. The Balaban J connectivity index is 1.86. The molecule has 21 heavy (non-hydrogen) atoms. The van der Waals surface area contributed by atoms with Gasteiger partial charge < -0.3 is 4.52 Å². The number of likely N-dealkylation sites (tertiary alicyclic amines) is 1. The number of aryl methyl sites for hydroxylation is 2. The highest BCUT2D eigenvalue weighted by molar-refractivity contribution is 9.10. The van der Waals surface area contributed by atoms with Crippen LogP contribution in [0.1, 0.15) is 41.5 Å². The third-order valence-electron chi connectivity index (χ3n) is 4.17. The normalized spacial score (nSPS) is 19.3. The molecular weight excluding hydrogens is 335 g/mol. The van der Waals surface area contributed by atoms with Crippen molar-refractivity contribution in [2.24, 2.45) is 0 Å². The smallest absolute Gasteiger partial charge is 0.138 e. The quantitative estimate of drug-likeness (QED) is 0.812. The van der Waals surface area contributed by atoms with Crippen molar-refractivity contribution >= 4 is 15.9 Å². The van der Waals surface area contributed by atoms with Gasteiger partial charge in [0.25, 0.3) is 0 Å². The van der Waals surface area contributed by atoms with Crippen LogP contribution in [0.15, 0.2) is 27.2 Å². The van der Waals surface area contributed by atoms with E-state index < -0.39 is 0 Å². The van der Waals surface area contributed by atoms with Crippen LogP contribution in [0.5, 0.6) is 0 Å². The van der Waals surface area contributed by atoms with E-state index in [0.717, 1.165) is 40.9 Å². The molecule has 0 aliphatic carbocycles. The first kappa shape index (κ1) is 14.7. The Kier molecular flexibility index (Phi) is 4.13. The lowest BCUT2D eigenvalue weighted by molar-refractivity contribution is 0.242. The Bertz CT molecular complexity index is 636. The van der Waals surface area contributed by atoms with Gasteiger partial charge in [0, 0.05) is 28.2 Å². The van der Waals surface area contributed by atoms with E-state index in [1.54, 1.807) is 6.07 Å². The molecule has 0 unspecified atom stereocenters. The summed E-state index contributed by atoms with van der Waals surface area (Å²) in [5.74, 6) is 0.724. The van der Waals surface area contributed by atoms with Crippen molar-refractivity contribution < 1.29 is 8.91 Å². The molecule has 1 atom stereocenters. The SMILES string of the molecule is Cc1noc(C)c1[C@@H]1CCCN1Cc1cc(Br)ccc1F. The second-order valence-corrected chi connectivity index (χ2v) is 6.52. The maximum atomic E-state index is 14.0. The van der Waals surface area contributed by atoms with Gasteiger partial charge in [0.05, 0.1) is 5.69 Å². The minimum absolute atomic E-state index is 0.150. The van der Waals surface area contributed by atoms with Gasteiger partial charge in [0.1, 0.15) is 11.6 Å². The van der Waals surface area contributed by atoms with Gasteiger partial charge >= 0.3 is 0 Å². The number of halogens is 2. The van der Waals surface area contributed by atoms with Crippen molar-refractivity contribution in [3.8, 4) is 0 Å². The van der Waals surface area contributed by atoms with E-state index in [-0.39, 0.29) is 11.9 Å². The molecule has 0 bridgehead atoms. The van der Waals surface area contributed by atoms with Crippen molar-refractivity contribution in [1.82, 2.24) is 10.1 Å². The summed E-state index contributed by atoms with van der Waals surface area (Å²) in [6.07, 6.45) is 2.18. The number of benzene rings is 1. The predicted molar refractivity (Wildman–Crippen MR) is 82.5 cm³/mol. The summed E-state index contributed by atoms with van der Waals surface area (Å²) in [4.78, 5) is 2.32. The summed E-state index contributed by atoms with van der Waals surface area (Å²) in [5.41, 5.74) is 2.84. The summed E-state index contributed by atoms with van der Waals surface area (Å²) >= 11 is 3.41. The van der Waals surface area contributed by atoms with Crippen LogP contribution >= 0.6 is 15.9 Å². The van der Waals surface area contributed by atoms with Gasteiger partial charge in [-0.25, -0.2) is 4.39 Å². The van der Waals surface area contributed by atoms with Crippen LogP contribution < -0.4 is 0 Å². The molecule has 3 rings (SSSR count). The van der Waals surface area contributed by atoms with Gasteiger partial charge in [-0.05, 0) is 51.4 Å². The summed E-state index contributed by atoms with van der Waals surface area (Å²) in [7, 11) is 0. The zero-order valence-electron chi connectivity index (χ0n) is 12.2. The van der Waals surface area contributed by atoms with Gasteiger partial charge in [-0.1, -0.05) is 21.1 Å². The number of nitrogens with zero attached hydrogens (tertiary/aromatic N) is 2. The minimum atomic E-state index is -0.150. The van der Waals surface area contributed by atoms with Crippen LogP contribution in [-0.4, -0.2) is 16.6 Å². The molecule has 1 aliphatic rings. The molecule has 0 saturated carbocycles. The molecule has 0 N–H and O–H groups in total. The van der Waals surface area contributed by atoms with Gasteiger partial charge in [0.15, 0.2) is 0 Å². The lowest BCUT2D eigenvalue weighted by atomic mass is 10.0. The van der Waals surface area contributed by atoms with Crippen molar-refractivity contribution in [3.05, 3.63) is 51.1 Å². The van der Waals surface area contributed by atoms with E-state index in [9.17, 15) is 4.39 Å². The van der Waals surface area contributed by atoms with Crippen molar-refractivity contribution in [2.45, 2.75) is 39.3 Å². The lowest BCUT2D eigenvalue weighted by Gasteiger charge is -2.24. The van der Waals surface area contributed by atoms with Crippen LogP contribution in [0.25, 0.3) is 0 Å². The Labute approximate surface area is 132 Å². The molecule has 3 nitrogen and oxygen atoms in total. The van der Waals surface area contributed by atoms with E-state index in [2.05, 4.69) is 26.0 Å². The molecule has 1 aliphatic heterocycles. The molecule has 1 fully saturated rings. The third kappa shape index (κ3) is 2.90. The first-order valence-electron chi connectivity index (χ1n) is 7.17. The van der Waals surface area contributed by atoms with E-state index >= 15 is 0 Å². The van der Waals surface area contributed by atoms with E-state index in [4.69, 9.17) is 4.52 Å². The number of rotatable bonds is 3. The summed E-state index contributed by atoms with van der Waals surface area (Å²) < 4.78 is 20.2. The molecule has 5 heteroatoms. The zero-order valence-corrected chi connectivity index (χ0v) is 13.8. The van der Waals surface area contributed by atoms with Crippen LogP contribution in [0.4, 0.5) is 4.39 Å². The largest absolute Gasteiger partial charge is 0.361 e. The summed E-state index contributed by atoms with van der Waals surface area (Å²) in [5, 5.41) is 4.05. The predicted octanol–water partition coefficient (Wildman–Crippen LogP) is 4.53. The molecule has 0 amide bonds. The highest BCUT2D eigenvalue weighted by Gasteiger charge is 2.31. The van der Waals surface area contributed by atoms with Gasteiger partial charge in [-0.15, -0.1) is 0 Å². The first-order valence-corrected chi connectivity index (χ1v) is 7.96. The molecule has 2 aromatic rings. The van der Waals surface area contributed by atoms with Gasteiger partial charge in [-0.3, -0.25) is 4.90 Å². The van der Waals surface area contributed by atoms with Gasteiger partial charge in [0.2, 0.25) is 0 Å². The Hall–Kier alpha value is -1.20. The molecule has 1 aromatic carbocycles. The Morgan fingerprint density at radius 2 is 2.24 bits per heavy atom. The molecular formula is C16H18BrFN2O. The molecule has 0 spiro atoms. The van der Waals surface area contributed by atoms with Crippen LogP contribution in [0.2, 0.25) is 0 Å². The maximum absolute atomic E-state index is 14.0. The van der Waals surface area contributed by atoms with E-state index in [1.807, 2.05) is 19.9 Å². The number of hydrogen-bond donors (Lipinski definition) is 0. The second kappa shape index (κ2) is 5.89. The van der Waals surface area contributed by atoms with Crippen LogP contribution in [0, 0.1) is 19.7 Å². The number of aromatic nitrogens is 1. The fourth-order valence-corrected chi connectivity index (χ4v) is 3.60. The van der Waals surface area contributed by atoms with E-state index in [1.165, 1.54) is 11.6 Å². The maximum Gasteiger partial charge on any atom is 0.138 e. The average Bonchev–Trinajstić information content (AvgIpc) is 3.01. The Morgan fingerprint density at radius 3 is 2.95 bits per heavy atom. The van der Waals surface area contributed by atoms with Crippen molar-refractivity contribution in [2.75, 3.05) is 6.54 Å². The highest BCUT2D eigenvalue weighted by atomic mass is 79.9. The topological polar surface area (TPSA) is 29.3 Å². The number of hydrogen-bond acceptors (Lipinski definition) is 3. The molecule has 2 heterocycles. The summed E-state index contributed by atoms with van der Waals surface area (Å²) in [6, 6.07) is 5.38. The third-order valence-corrected chi connectivity index (χ3v) is 4.66. The standard InChI is InChI=1S/C16H18BrFN2O/c1-10-16(11(2)21-19-10)15-4-3-7-20(15)9-12-8-13(17)5-6-14(12)18/h5-6,8,15H,3-4,7,9H2,1-2H3/t15-/m0/s1. The first-order chi connectivity index (χ1) is 10.1. The monoisotopic (exact) mass is 352 g/mol. The highest BCUT2D eigenvalue weighted by Crippen LogP contribution is 2.36. The second-order valence-electron chi connectivity index (χ2n) is 5.60. The Morgan fingerprint density at radius 1 is 1.43 bits per heavy atom. The minimum Gasteiger partial charge on any atom is -0.361 e. The molecule has 1 aromatic heterocycles. The van der Waals surface area contributed by atoms with Crippen molar-refractivity contribution in [3.63, 3.8) is 0 Å². The molecule has 1 saturated heterocycles. The lowest BCUT2D eigenvalue weighted by Crippen LogP contribution is -2.24. The molecule has 112 valence electrons. The molecule has 0 radical (unpaired) electrons. The fourth-order valence-electron chi connectivity index (χ4n) is 3.19. The van der Waals surface area contributed by atoms with Crippen LogP contribution in [0.3, 0.4) is 0 Å². The zero-order chi connectivity index (χ0) is 15.0. The van der Waals surface area contributed by atoms with Gasteiger partial charge in [-0.2, -0.15) is 0 Å². The van der Waals surface area contributed by atoms with Crippen LogP contribution in [-0.2, 0) is 6.54 Å². The van der Waals surface area contributed by atoms with Crippen molar-refractivity contribution in [1.29, 1.82) is 0 Å². The average molecular weight is 353 g/mol.